The predicted octanol–water partition coefficient (Wildman–Crippen LogP) is 5.03. The average Bonchev–Trinajstić information content (AvgIpc) is 2.98. The molecule has 0 fully saturated rings. The van der Waals surface area contributed by atoms with Crippen LogP contribution in [-0.2, 0) is 4.79 Å². The molecular formula is C34H29BN2O2. The average molecular weight is 508 g/mol. The van der Waals surface area contributed by atoms with Gasteiger partial charge in [0.2, 0.25) is 6.71 Å². The van der Waals surface area contributed by atoms with Crippen LogP contribution in [0.4, 0.5) is 5.69 Å². The van der Waals surface area contributed by atoms with Crippen LogP contribution in [0.15, 0.2) is 144 Å². The van der Waals surface area contributed by atoms with Gasteiger partial charge in [-0.3, -0.25) is 0 Å². The van der Waals surface area contributed by atoms with Crippen LogP contribution in [0.1, 0.15) is 18.1 Å². The number of carbonyl (C=O) groups is 1. The minimum Gasteiger partial charge on any atom is -0.477 e. The molecule has 4 nitrogen and oxygen atoms in total. The van der Waals surface area contributed by atoms with Crippen molar-refractivity contribution >= 4 is 47.0 Å². The summed E-state index contributed by atoms with van der Waals surface area (Å²) in [5, 5.41) is 9.95. The molecule has 0 bridgehead atoms. The molecule has 190 valence electrons. The number of likely N-dealkylation sites (N-methyl/N-ethyl adjacent to an activating group) is 1. The van der Waals surface area contributed by atoms with E-state index in [9.17, 15) is 9.90 Å². The van der Waals surface area contributed by atoms with Gasteiger partial charge < -0.3 is 10.0 Å². The molecule has 0 amide bonds. The van der Waals surface area contributed by atoms with E-state index < -0.39 is 5.97 Å². The largest absolute Gasteiger partial charge is 0.477 e. The van der Waals surface area contributed by atoms with Crippen LogP contribution in [0.5, 0.6) is 0 Å². The predicted molar refractivity (Wildman–Crippen MR) is 164 cm³/mol. The van der Waals surface area contributed by atoms with Gasteiger partial charge in [0.05, 0.1) is 0 Å². The fourth-order valence-corrected chi connectivity index (χ4v) is 4.98. The summed E-state index contributed by atoms with van der Waals surface area (Å²) in [5.74, 6) is -1.08. The second kappa shape index (κ2) is 12.1. The summed E-state index contributed by atoms with van der Waals surface area (Å²) in [6.45, 7) is 2.83. The molecule has 0 aromatic heterocycles. The highest BCUT2D eigenvalue weighted by atomic mass is 16.4. The van der Waals surface area contributed by atoms with E-state index in [1.165, 1.54) is 0 Å². The molecule has 1 N–H and O–H groups in total. The first-order valence-electron chi connectivity index (χ1n) is 13.1. The number of aliphatic imine (C=N–C) groups is 1. The Bertz CT molecular complexity index is 1530. The van der Waals surface area contributed by atoms with E-state index in [2.05, 4.69) is 65.4 Å². The molecule has 4 aromatic carbocycles. The van der Waals surface area contributed by atoms with Crippen LogP contribution in [0.25, 0.3) is 6.08 Å². The van der Waals surface area contributed by atoms with Gasteiger partial charge >= 0.3 is 5.97 Å². The van der Waals surface area contributed by atoms with E-state index in [-0.39, 0.29) is 12.4 Å². The van der Waals surface area contributed by atoms with E-state index in [0.29, 0.717) is 0 Å². The minimum absolute atomic E-state index is 0.0139. The number of nitrogens with zero attached hydrogens (tertiary/aromatic N) is 2. The lowest BCUT2D eigenvalue weighted by Gasteiger charge is -2.29. The Hall–Kier alpha value is -4.90. The van der Waals surface area contributed by atoms with Gasteiger partial charge in [-0.15, -0.1) is 0 Å². The molecule has 4 aromatic rings. The fraction of sp³-hybridized carbons (Fsp3) is 0.0588. The molecule has 0 aliphatic carbocycles. The number of rotatable bonds is 8. The lowest BCUT2D eigenvalue weighted by atomic mass is 9.36. The Morgan fingerprint density at radius 1 is 0.821 bits per heavy atom. The van der Waals surface area contributed by atoms with Crippen molar-refractivity contribution < 1.29 is 9.90 Å². The van der Waals surface area contributed by atoms with Crippen LogP contribution in [-0.4, -0.2) is 30.5 Å². The van der Waals surface area contributed by atoms with Crippen molar-refractivity contribution in [1.29, 1.82) is 0 Å². The number of anilines is 1. The molecule has 0 radical (unpaired) electrons. The van der Waals surface area contributed by atoms with Crippen molar-refractivity contribution in [1.82, 2.24) is 0 Å². The zero-order valence-corrected chi connectivity index (χ0v) is 21.8. The molecule has 5 heteroatoms. The molecule has 0 saturated carbocycles. The van der Waals surface area contributed by atoms with Gasteiger partial charge in [-0.2, -0.15) is 0 Å². The third kappa shape index (κ3) is 5.83. The van der Waals surface area contributed by atoms with Crippen molar-refractivity contribution in [2.24, 2.45) is 4.99 Å². The Labute approximate surface area is 230 Å². The van der Waals surface area contributed by atoms with Gasteiger partial charge in [-0.05, 0) is 42.3 Å². The molecular weight excluding hydrogens is 479 g/mol. The maximum absolute atomic E-state index is 12.2. The quantitative estimate of drug-likeness (QED) is 0.207. The zero-order chi connectivity index (χ0) is 27.0. The number of fused-ring (bicyclic) bond motifs is 1. The standard InChI is InChI=1S/C34H29BN2O2/c1-2-37-30(22-21-26-13-10-12-20-33(26)37)23-24-32(34(38)39)36-25-27-14-9-11-19-31(27)35(28-15-5-3-6-16-28)29-17-7-4-8-18-29/h3-25H,2H2,1H3,(H,38,39). The van der Waals surface area contributed by atoms with Crippen molar-refractivity contribution in [2.75, 3.05) is 11.4 Å². The second-order valence-electron chi connectivity index (χ2n) is 9.23. The normalized spacial score (nSPS) is 14.0. The highest BCUT2D eigenvalue weighted by Crippen LogP contribution is 2.30. The number of benzene rings is 4. The highest BCUT2D eigenvalue weighted by Gasteiger charge is 2.23. The summed E-state index contributed by atoms with van der Waals surface area (Å²) in [7, 11) is 0. The minimum atomic E-state index is -1.08. The molecule has 0 atom stereocenters. The van der Waals surface area contributed by atoms with Gasteiger partial charge in [0.1, 0.15) is 5.70 Å². The van der Waals surface area contributed by atoms with Crippen LogP contribution in [0.3, 0.4) is 0 Å². The Balaban J connectivity index is 1.50. The first-order valence-corrected chi connectivity index (χ1v) is 13.1. The van der Waals surface area contributed by atoms with Crippen molar-refractivity contribution in [3.8, 4) is 0 Å². The lowest BCUT2D eigenvalue weighted by Crippen LogP contribution is -2.53. The molecule has 0 saturated heterocycles. The summed E-state index contributed by atoms with van der Waals surface area (Å²) in [6.07, 6.45) is 9.11. The number of hydrogen-bond acceptors (Lipinski definition) is 3. The lowest BCUT2D eigenvalue weighted by molar-refractivity contribution is -0.132. The van der Waals surface area contributed by atoms with Gasteiger partial charge in [0, 0.05) is 24.1 Å². The monoisotopic (exact) mass is 508 g/mol. The summed E-state index contributed by atoms with van der Waals surface area (Å²) in [4.78, 5) is 18.8. The van der Waals surface area contributed by atoms with Gasteiger partial charge in [0.15, 0.2) is 0 Å². The van der Waals surface area contributed by atoms with Gasteiger partial charge in [-0.1, -0.05) is 126 Å². The second-order valence-corrected chi connectivity index (χ2v) is 9.23. The third-order valence-electron chi connectivity index (χ3n) is 6.84. The molecule has 0 spiro atoms. The van der Waals surface area contributed by atoms with E-state index >= 15 is 0 Å². The van der Waals surface area contributed by atoms with E-state index in [1.54, 1.807) is 12.3 Å². The first-order chi connectivity index (χ1) is 19.2. The Morgan fingerprint density at radius 3 is 2.10 bits per heavy atom. The number of hydrogen-bond donors (Lipinski definition) is 1. The van der Waals surface area contributed by atoms with E-state index in [1.807, 2.05) is 78.9 Å². The molecule has 5 rings (SSSR count). The van der Waals surface area contributed by atoms with Crippen molar-refractivity contribution in [2.45, 2.75) is 6.92 Å². The topological polar surface area (TPSA) is 52.9 Å². The van der Waals surface area contributed by atoms with Gasteiger partial charge in [-0.25, -0.2) is 9.79 Å². The van der Waals surface area contributed by atoms with E-state index in [4.69, 9.17) is 0 Å². The van der Waals surface area contributed by atoms with Crippen LogP contribution < -0.4 is 21.3 Å². The molecule has 39 heavy (non-hydrogen) atoms. The van der Waals surface area contributed by atoms with E-state index in [0.717, 1.165) is 45.4 Å². The first kappa shape index (κ1) is 25.7. The number of aliphatic carboxylic acids is 1. The zero-order valence-electron chi connectivity index (χ0n) is 21.8. The molecule has 1 aliphatic rings. The fourth-order valence-electron chi connectivity index (χ4n) is 4.98. The number of carboxylic acids is 1. The summed E-state index contributed by atoms with van der Waals surface area (Å²) in [6, 6.07) is 36.9. The van der Waals surface area contributed by atoms with Gasteiger partial charge in [0.25, 0.3) is 0 Å². The molecule has 0 unspecified atom stereocenters. The molecule has 1 aliphatic heterocycles. The Morgan fingerprint density at radius 2 is 1.44 bits per heavy atom. The highest BCUT2D eigenvalue weighted by molar-refractivity contribution is 6.96. The summed E-state index contributed by atoms with van der Waals surface area (Å²) < 4.78 is 0. The van der Waals surface area contributed by atoms with Crippen LogP contribution >= 0.6 is 0 Å². The number of carboxylic acid groups (broad SMARTS) is 1. The maximum atomic E-state index is 12.2. The number of allylic oxidation sites excluding steroid dienone is 3. The number of para-hydroxylation sites is 1. The molecule has 1 heterocycles. The summed E-state index contributed by atoms with van der Waals surface area (Å²) in [5.41, 5.74) is 7.38. The van der Waals surface area contributed by atoms with Crippen molar-refractivity contribution in [3.63, 3.8) is 0 Å². The Kier molecular flexibility index (Phi) is 7.99. The maximum Gasteiger partial charge on any atom is 0.354 e. The SMILES string of the molecule is CCN1C(=CC=C(N=Cc2ccccc2B(c2ccccc2)c2ccccc2)C(=O)O)C=Cc2ccccc21. The van der Waals surface area contributed by atoms with Crippen LogP contribution in [0.2, 0.25) is 0 Å². The summed E-state index contributed by atoms with van der Waals surface area (Å²) >= 11 is 0. The smallest absolute Gasteiger partial charge is 0.354 e. The van der Waals surface area contributed by atoms with Crippen LogP contribution in [0, 0.1) is 0 Å². The third-order valence-corrected chi connectivity index (χ3v) is 6.84. The van der Waals surface area contributed by atoms with Crippen molar-refractivity contribution in [3.05, 3.63) is 150 Å².